The zero-order valence-corrected chi connectivity index (χ0v) is 17.2. The van der Waals surface area contributed by atoms with E-state index in [2.05, 4.69) is 20.8 Å². The molecule has 2 aromatic carbocycles. The number of fused-ring (bicyclic) bond motifs is 1. The van der Waals surface area contributed by atoms with Gasteiger partial charge in [-0.3, -0.25) is 4.79 Å². The minimum absolute atomic E-state index is 0.151. The normalized spacial score (nSPS) is 13.8. The van der Waals surface area contributed by atoms with Gasteiger partial charge in [-0.25, -0.2) is 0 Å². The van der Waals surface area contributed by atoms with Crippen LogP contribution in [0.25, 0.3) is 5.69 Å². The third-order valence-electron chi connectivity index (χ3n) is 4.71. The molecule has 9 heteroatoms. The van der Waals surface area contributed by atoms with Crippen LogP contribution in [0.4, 0.5) is 5.69 Å². The number of carbonyl (C=O) groups excluding carboxylic acids is 1. The third-order valence-corrected chi connectivity index (χ3v) is 5.74. The predicted octanol–water partition coefficient (Wildman–Crippen LogP) is 3.17. The van der Waals surface area contributed by atoms with Crippen molar-refractivity contribution in [3.8, 4) is 17.2 Å². The minimum atomic E-state index is -0.405. The molecule has 0 saturated heterocycles. The van der Waals surface area contributed by atoms with Gasteiger partial charge in [0.15, 0.2) is 11.5 Å². The number of rotatable bonds is 5. The number of ether oxygens (including phenoxy) is 2. The van der Waals surface area contributed by atoms with Crippen molar-refractivity contribution in [2.24, 2.45) is 0 Å². The standard InChI is InChI=1S/C20H21N5O3S/c1-12-5-4-6-16(13(12)2)25-20(22-23-24-25)29-14(3)19(26)21-15-7-8-17-18(11-15)28-10-9-27-17/h4-8,11,14H,9-10H2,1-3H3,(H,21,26)/t14-/m0/s1. The monoisotopic (exact) mass is 411 g/mol. The van der Waals surface area contributed by atoms with Crippen molar-refractivity contribution in [1.82, 2.24) is 20.2 Å². The fourth-order valence-electron chi connectivity index (χ4n) is 2.95. The van der Waals surface area contributed by atoms with Crippen molar-refractivity contribution >= 4 is 23.4 Å². The number of hydrogen-bond donors (Lipinski definition) is 1. The fraction of sp³-hybridized carbons (Fsp3) is 0.300. The number of thioether (sulfide) groups is 1. The van der Waals surface area contributed by atoms with Gasteiger partial charge in [0.05, 0.1) is 10.9 Å². The van der Waals surface area contributed by atoms with E-state index in [-0.39, 0.29) is 5.91 Å². The van der Waals surface area contributed by atoms with Gasteiger partial charge in [-0.1, -0.05) is 23.9 Å². The Bertz CT molecular complexity index is 1050. The summed E-state index contributed by atoms with van der Waals surface area (Å²) in [5, 5.41) is 15.1. The Balaban J connectivity index is 1.47. The van der Waals surface area contributed by atoms with E-state index < -0.39 is 5.25 Å². The summed E-state index contributed by atoms with van der Waals surface area (Å²) in [4.78, 5) is 12.7. The highest BCUT2D eigenvalue weighted by Gasteiger charge is 2.21. The average Bonchev–Trinajstić information content (AvgIpc) is 3.17. The molecule has 1 aromatic heterocycles. The van der Waals surface area contributed by atoms with Gasteiger partial charge in [-0.05, 0) is 60.5 Å². The van der Waals surface area contributed by atoms with Crippen LogP contribution in [0.5, 0.6) is 11.5 Å². The van der Waals surface area contributed by atoms with E-state index in [1.807, 2.05) is 39.0 Å². The van der Waals surface area contributed by atoms with Gasteiger partial charge in [-0.2, -0.15) is 4.68 Å². The summed E-state index contributed by atoms with van der Waals surface area (Å²) < 4.78 is 12.7. The van der Waals surface area contributed by atoms with E-state index in [0.717, 1.165) is 16.8 Å². The molecule has 1 atom stereocenters. The van der Waals surface area contributed by atoms with E-state index in [9.17, 15) is 4.79 Å². The zero-order valence-electron chi connectivity index (χ0n) is 16.4. The molecule has 29 heavy (non-hydrogen) atoms. The Kier molecular flexibility index (Phi) is 5.39. The summed E-state index contributed by atoms with van der Waals surface area (Å²) in [5.74, 6) is 1.17. The van der Waals surface area contributed by atoms with Crippen molar-refractivity contribution in [2.45, 2.75) is 31.2 Å². The molecule has 0 unspecified atom stereocenters. The second-order valence-corrected chi connectivity index (χ2v) is 8.01. The first kappa shape index (κ1) is 19.3. The molecule has 2 heterocycles. The van der Waals surface area contributed by atoms with Gasteiger partial charge in [0.1, 0.15) is 13.2 Å². The van der Waals surface area contributed by atoms with E-state index >= 15 is 0 Å². The molecule has 0 fully saturated rings. The maximum atomic E-state index is 12.7. The molecule has 0 aliphatic carbocycles. The van der Waals surface area contributed by atoms with E-state index in [1.165, 1.54) is 11.8 Å². The highest BCUT2D eigenvalue weighted by Crippen LogP contribution is 2.33. The van der Waals surface area contributed by atoms with Crippen LogP contribution in [-0.2, 0) is 4.79 Å². The molecule has 0 bridgehead atoms. The summed E-state index contributed by atoms with van der Waals surface area (Å²) in [6.45, 7) is 6.91. The van der Waals surface area contributed by atoms with Crippen LogP contribution >= 0.6 is 11.8 Å². The van der Waals surface area contributed by atoms with Crippen LogP contribution in [0, 0.1) is 13.8 Å². The van der Waals surface area contributed by atoms with Crippen molar-refractivity contribution in [3.63, 3.8) is 0 Å². The zero-order chi connectivity index (χ0) is 20.4. The molecular formula is C20H21N5O3S. The number of nitrogens with zero attached hydrogens (tertiary/aromatic N) is 4. The van der Waals surface area contributed by atoms with Gasteiger partial charge in [0.2, 0.25) is 11.1 Å². The molecule has 3 aromatic rings. The van der Waals surface area contributed by atoms with Crippen LogP contribution in [0.15, 0.2) is 41.6 Å². The third kappa shape index (κ3) is 4.04. The highest BCUT2D eigenvalue weighted by molar-refractivity contribution is 8.00. The summed E-state index contributed by atoms with van der Waals surface area (Å²) in [7, 11) is 0. The number of carbonyl (C=O) groups is 1. The molecule has 1 N–H and O–H groups in total. The number of aryl methyl sites for hydroxylation is 1. The van der Waals surface area contributed by atoms with Gasteiger partial charge in [0, 0.05) is 11.8 Å². The van der Waals surface area contributed by atoms with Crippen molar-refractivity contribution in [2.75, 3.05) is 18.5 Å². The molecular weight excluding hydrogens is 390 g/mol. The quantitative estimate of drug-likeness (QED) is 0.645. The number of amides is 1. The fourth-order valence-corrected chi connectivity index (χ4v) is 3.75. The molecule has 4 rings (SSSR count). The molecule has 150 valence electrons. The van der Waals surface area contributed by atoms with Crippen LogP contribution in [-0.4, -0.2) is 44.6 Å². The van der Waals surface area contributed by atoms with Gasteiger partial charge >= 0.3 is 0 Å². The topological polar surface area (TPSA) is 91.2 Å². The van der Waals surface area contributed by atoms with Gasteiger partial charge < -0.3 is 14.8 Å². The molecule has 0 saturated carbocycles. The number of nitrogens with one attached hydrogen (secondary N) is 1. The first-order chi connectivity index (χ1) is 14.0. The van der Waals surface area contributed by atoms with Crippen molar-refractivity contribution < 1.29 is 14.3 Å². The second kappa shape index (κ2) is 8.12. The van der Waals surface area contributed by atoms with E-state index in [4.69, 9.17) is 9.47 Å². The molecule has 0 radical (unpaired) electrons. The van der Waals surface area contributed by atoms with Crippen molar-refractivity contribution in [3.05, 3.63) is 47.5 Å². The Hall–Kier alpha value is -3.07. The maximum absolute atomic E-state index is 12.7. The van der Waals surface area contributed by atoms with Crippen molar-refractivity contribution in [1.29, 1.82) is 0 Å². The van der Waals surface area contributed by atoms with Crippen LogP contribution in [0.3, 0.4) is 0 Å². The van der Waals surface area contributed by atoms with E-state index in [1.54, 1.807) is 22.9 Å². The number of anilines is 1. The lowest BCUT2D eigenvalue weighted by Crippen LogP contribution is -2.23. The first-order valence-corrected chi connectivity index (χ1v) is 10.1. The lowest BCUT2D eigenvalue weighted by molar-refractivity contribution is -0.115. The number of aromatic nitrogens is 4. The predicted molar refractivity (Wildman–Crippen MR) is 110 cm³/mol. The summed E-state index contributed by atoms with van der Waals surface area (Å²) in [5.41, 5.74) is 3.80. The molecule has 1 aliphatic heterocycles. The smallest absolute Gasteiger partial charge is 0.237 e. The highest BCUT2D eigenvalue weighted by atomic mass is 32.2. The lowest BCUT2D eigenvalue weighted by atomic mass is 10.1. The Morgan fingerprint density at radius 3 is 2.79 bits per heavy atom. The number of tetrazole rings is 1. The Labute approximate surface area is 172 Å². The lowest BCUT2D eigenvalue weighted by Gasteiger charge is -2.19. The summed E-state index contributed by atoms with van der Waals surface area (Å²) in [6.07, 6.45) is 0. The minimum Gasteiger partial charge on any atom is -0.486 e. The van der Waals surface area contributed by atoms with E-state index in [0.29, 0.717) is 35.6 Å². The molecule has 0 spiro atoms. The van der Waals surface area contributed by atoms with Crippen LogP contribution in [0.2, 0.25) is 0 Å². The number of hydrogen-bond acceptors (Lipinski definition) is 7. The van der Waals surface area contributed by atoms with Gasteiger partial charge in [-0.15, -0.1) is 5.10 Å². The van der Waals surface area contributed by atoms with Gasteiger partial charge in [0.25, 0.3) is 0 Å². The second-order valence-electron chi connectivity index (χ2n) is 6.70. The SMILES string of the molecule is Cc1cccc(-n2nnnc2S[C@@H](C)C(=O)Nc2ccc3c(c2)OCCO3)c1C. The maximum Gasteiger partial charge on any atom is 0.237 e. The average molecular weight is 411 g/mol. The summed E-state index contributed by atoms with van der Waals surface area (Å²) >= 11 is 1.30. The van der Waals surface area contributed by atoms with Crippen LogP contribution in [0.1, 0.15) is 18.1 Å². The number of benzene rings is 2. The largest absolute Gasteiger partial charge is 0.486 e. The van der Waals surface area contributed by atoms with Crippen LogP contribution < -0.4 is 14.8 Å². The molecule has 1 amide bonds. The molecule has 8 nitrogen and oxygen atoms in total. The summed E-state index contributed by atoms with van der Waals surface area (Å²) in [6, 6.07) is 11.3. The molecule has 1 aliphatic rings. The first-order valence-electron chi connectivity index (χ1n) is 9.25. The Morgan fingerprint density at radius 2 is 1.97 bits per heavy atom. The Morgan fingerprint density at radius 1 is 1.17 bits per heavy atom.